The monoisotopic (exact) mass is 271 g/mol. The Bertz CT molecular complexity index is 393. The van der Waals surface area contributed by atoms with Crippen molar-refractivity contribution in [3.05, 3.63) is 18.0 Å². The molecule has 0 amide bonds. The fourth-order valence-corrected chi connectivity index (χ4v) is 2.96. The van der Waals surface area contributed by atoms with Gasteiger partial charge in [-0.25, -0.2) is 8.78 Å². The number of nitrogens with one attached hydrogen (secondary N) is 1. The molecule has 1 atom stereocenters. The Morgan fingerprint density at radius 1 is 1.47 bits per heavy atom. The van der Waals surface area contributed by atoms with E-state index in [9.17, 15) is 8.78 Å². The number of halogens is 2. The number of nitrogens with zero attached hydrogens (tertiary/aromatic N) is 2. The van der Waals surface area contributed by atoms with Crippen LogP contribution in [0.3, 0.4) is 0 Å². The minimum Gasteiger partial charge on any atom is -0.313 e. The first-order valence-electron chi connectivity index (χ1n) is 7.13. The molecule has 3 nitrogen and oxygen atoms in total. The molecule has 2 rings (SSSR count). The second-order valence-corrected chi connectivity index (χ2v) is 5.50. The van der Waals surface area contributed by atoms with Crippen molar-refractivity contribution in [1.82, 2.24) is 15.1 Å². The summed E-state index contributed by atoms with van der Waals surface area (Å²) in [5.41, 5.74) is 1.12. The average molecular weight is 271 g/mol. The smallest absolute Gasteiger partial charge is 0.248 e. The van der Waals surface area contributed by atoms with Crippen molar-refractivity contribution in [3.63, 3.8) is 0 Å². The second-order valence-electron chi connectivity index (χ2n) is 5.50. The first-order chi connectivity index (χ1) is 9.05. The zero-order chi connectivity index (χ0) is 13.9. The van der Waals surface area contributed by atoms with Gasteiger partial charge in [0.05, 0.1) is 6.20 Å². The van der Waals surface area contributed by atoms with Crippen LogP contribution in [0.4, 0.5) is 8.78 Å². The number of rotatable bonds is 5. The third kappa shape index (κ3) is 3.53. The SMILES string of the molecule is CCCn1cc(C(NC)C2CCC(F)(F)CC2)cn1. The van der Waals surface area contributed by atoms with Crippen molar-refractivity contribution in [1.29, 1.82) is 0 Å². The van der Waals surface area contributed by atoms with Gasteiger partial charge in [0, 0.05) is 37.2 Å². The molecule has 5 heteroatoms. The Kier molecular flexibility index (Phi) is 4.55. The molecule has 0 bridgehead atoms. The standard InChI is InChI=1S/C14H23F2N3/c1-3-8-19-10-12(9-18-19)13(17-2)11-4-6-14(15,16)7-5-11/h9-11,13,17H,3-8H2,1-2H3. The molecule has 19 heavy (non-hydrogen) atoms. The normalized spacial score (nSPS) is 21.5. The molecular formula is C14H23F2N3. The maximum atomic E-state index is 13.2. The summed E-state index contributed by atoms with van der Waals surface area (Å²) in [6.45, 7) is 3.01. The van der Waals surface area contributed by atoms with E-state index in [1.807, 2.05) is 24.1 Å². The van der Waals surface area contributed by atoms with Crippen LogP contribution in [0.5, 0.6) is 0 Å². The molecule has 1 unspecified atom stereocenters. The van der Waals surface area contributed by atoms with Crippen LogP contribution in [0, 0.1) is 5.92 Å². The van der Waals surface area contributed by atoms with Gasteiger partial charge in [0.2, 0.25) is 5.92 Å². The molecule has 0 aliphatic heterocycles. The van der Waals surface area contributed by atoms with Gasteiger partial charge in [-0.15, -0.1) is 0 Å². The zero-order valence-corrected chi connectivity index (χ0v) is 11.7. The lowest BCUT2D eigenvalue weighted by Gasteiger charge is -2.33. The Morgan fingerprint density at radius 3 is 2.74 bits per heavy atom. The van der Waals surface area contributed by atoms with E-state index in [1.165, 1.54) is 0 Å². The highest BCUT2D eigenvalue weighted by Crippen LogP contribution is 2.41. The van der Waals surface area contributed by atoms with Crippen molar-refractivity contribution < 1.29 is 8.78 Å². The van der Waals surface area contributed by atoms with Crippen LogP contribution in [-0.2, 0) is 6.54 Å². The number of alkyl halides is 2. The largest absolute Gasteiger partial charge is 0.313 e. The third-order valence-corrected chi connectivity index (χ3v) is 4.01. The molecule has 0 radical (unpaired) electrons. The van der Waals surface area contributed by atoms with Crippen LogP contribution in [0.15, 0.2) is 12.4 Å². The summed E-state index contributed by atoms with van der Waals surface area (Å²) in [5, 5.41) is 7.60. The van der Waals surface area contributed by atoms with E-state index in [0.29, 0.717) is 12.8 Å². The average Bonchev–Trinajstić information content (AvgIpc) is 2.81. The number of aryl methyl sites for hydroxylation is 1. The Hall–Kier alpha value is -0.970. The maximum Gasteiger partial charge on any atom is 0.248 e. The van der Waals surface area contributed by atoms with E-state index >= 15 is 0 Å². The Morgan fingerprint density at radius 2 is 2.16 bits per heavy atom. The molecule has 1 aliphatic carbocycles. The van der Waals surface area contributed by atoms with Crippen molar-refractivity contribution in [3.8, 4) is 0 Å². The zero-order valence-electron chi connectivity index (χ0n) is 11.7. The van der Waals surface area contributed by atoms with Crippen molar-refractivity contribution >= 4 is 0 Å². The molecule has 0 aromatic carbocycles. The molecule has 1 heterocycles. The molecule has 1 aromatic heterocycles. The van der Waals surface area contributed by atoms with Crippen LogP contribution in [0.25, 0.3) is 0 Å². The van der Waals surface area contributed by atoms with Crippen molar-refractivity contribution in [2.24, 2.45) is 5.92 Å². The predicted molar refractivity (Wildman–Crippen MR) is 71.2 cm³/mol. The van der Waals surface area contributed by atoms with Crippen LogP contribution < -0.4 is 5.32 Å². The predicted octanol–water partition coefficient (Wildman–Crippen LogP) is 3.38. The van der Waals surface area contributed by atoms with Gasteiger partial charge in [-0.1, -0.05) is 6.92 Å². The fraction of sp³-hybridized carbons (Fsp3) is 0.786. The Balaban J connectivity index is 2.03. The van der Waals surface area contributed by atoms with Crippen LogP contribution in [0.2, 0.25) is 0 Å². The van der Waals surface area contributed by atoms with E-state index in [0.717, 1.165) is 18.5 Å². The second kappa shape index (κ2) is 5.99. The third-order valence-electron chi connectivity index (χ3n) is 4.01. The molecule has 0 spiro atoms. The summed E-state index contributed by atoms with van der Waals surface area (Å²) < 4.78 is 28.4. The van der Waals surface area contributed by atoms with E-state index < -0.39 is 5.92 Å². The van der Waals surface area contributed by atoms with Gasteiger partial charge >= 0.3 is 0 Å². The van der Waals surface area contributed by atoms with Gasteiger partial charge in [0.15, 0.2) is 0 Å². The summed E-state index contributed by atoms with van der Waals surface area (Å²) in [6, 6.07) is 0.140. The van der Waals surface area contributed by atoms with Gasteiger partial charge in [-0.2, -0.15) is 5.10 Å². The van der Waals surface area contributed by atoms with E-state index in [-0.39, 0.29) is 24.8 Å². The summed E-state index contributed by atoms with van der Waals surface area (Å²) >= 11 is 0. The first kappa shape index (κ1) is 14.4. The molecule has 1 saturated carbocycles. The molecule has 0 saturated heterocycles. The molecular weight excluding hydrogens is 248 g/mol. The first-order valence-corrected chi connectivity index (χ1v) is 7.13. The van der Waals surface area contributed by atoms with Crippen molar-refractivity contribution in [2.75, 3.05) is 7.05 Å². The van der Waals surface area contributed by atoms with E-state index in [1.54, 1.807) is 0 Å². The highest BCUT2D eigenvalue weighted by molar-refractivity contribution is 5.12. The van der Waals surface area contributed by atoms with Gasteiger partial charge in [-0.3, -0.25) is 4.68 Å². The fourth-order valence-electron chi connectivity index (χ4n) is 2.96. The highest BCUT2D eigenvalue weighted by atomic mass is 19.3. The minimum atomic E-state index is -2.46. The lowest BCUT2D eigenvalue weighted by Crippen LogP contribution is -2.32. The van der Waals surface area contributed by atoms with E-state index in [2.05, 4.69) is 17.3 Å². The Labute approximate surface area is 113 Å². The van der Waals surface area contributed by atoms with Gasteiger partial charge in [0.25, 0.3) is 0 Å². The number of hydrogen-bond donors (Lipinski definition) is 1. The lowest BCUT2D eigenvalue weighted by atomic mass is 9.80. The molecule has 108 valence electrons. The molecule has 1 N–H and O–H groups in total. The number of aromatic nitrogens is 2. The van der Waals surface area contributed by atoms with Gasteiger partial charge in [0.1, 0.15) is 0 Å². The van der Waals surface area contributed by atoms with Crippen molar-refractivity contribution in [2.45, 2.75) is 57.5 Å². The maximum absolute atomic E-state index is 13.2. The summed E-state index contributed by atoms with van der Waals surface area (Å²) in [6.07, 6.45) is 6.13. The highest BCUT2D eigenvalue weighted by Gasteiger charge is 2.37. The topological polar surface area (TPSA) is 29.9 Å². The van der Waals surface area contributed by atoms with Crippen LogP contribution in [0.1, 0.15) is 50.6 Å². The molecule has 1 aliphatic rings. The van der Waals surface area contributed by atoms with Crippen LogP contribution in [-0.4, -0.2) is 22.8 Å². The van der Waals surface area contributed by atoms with Crippen LogP contribution >= 0.6 is 0 Å². The summed E-state index contributed by atoms with van der Waals surface area (Å²) in [7, 11) is 1.90. The molecule has 1 fully saturated rings. The summed E-state index contributed by atoms with van der Waals surface area (Å²) in [5.74, 6) is -2.18. The minimum absolute atomic E-state index is 0.0128. The molecule has 1 aromatic rings. The number of hydrogen-bond acceptors (Lipinski definition) is 2. The van der Waals surface area contributed by atoms with Gasteiger partial charge < -0.3 is 5.32 Å². The quantitative estimate of drug-likeness (QED) is 0.889. The summed E-state index contributed by atoms with van der Waals surface area (Å²) in [4.78, 5) is 0. The van der Waals surface area contributed by atoms with E-state index in [4.69, 9.17) is 0 Å². The lowest BCUT2D eigenvalue weighted by molar-refractivity contribution is -0.0495. The van der Waals surface area contributed by atoms with Gasteiger partial charge in [-0.05, 0) is 32.2 Å².